The fraction of sp³-hybridized carbons (Fsp3) is 0.500. The van der Waals surface area contributed by atoms with Crippen molar-refractivity contribution >= 4 is 17.3 Å². The summed E-state index contributed by atoms with van der Waals surface area (Å²) in [6.07, 6.45) is 0.385. The molecule has 0 aliphatic carbocycles. The van der Waals surface area contributed by atoms with Crippen molar-refractivity contribution in [3.63, 3.8) is 0 Å². The quantitative estimate of drug-likeness (QED) is 0.584. The van der Waals surface area contributed by atoms with E-state index < -0.39 is 5.83 Å². The fourth-order valence-corrected chi connectivity index (χ4v) is 0.477. The molecule has 52 valence electrons. The Morgan fingerprint density at radius 3 is 2.22 bits per heavy atom. The highest BCUT2D eigenvalue weighted by molar-refractivity contribution is 6.31. The molecule has 0 aromatic rings. The standard InChI is InChI=1S/C6H9ClFN/c1-3-5(9)6(8)4(2)7/h9H,3H2,1-2H3/b6-4-,9-5?. The highest BCUT2D eigenvalue weighted by atomic mass is 35.5. The second-order valence-electron chi connectivity index (χ2n) is 1.68. The molecule has 1 N–H and O–H groups in total. The van der Waals surface area contributed by atoms with Crippen LogP contribution in [-0.2, 0) is 0 Å². The molecule has 0 fully saturated rings. The smallest absolute Gasteiger partial charge is 0.158 e. The molecular formula is C6H9ClFN. The Morgan fingerprint density at radius 2 is 2.11 bits per heavy atom. The summed E-state index contributed by atoms with van der Waals surface area (Å²) < 4.78 is 12.4. The Hall–Kier alpha value is -0.370. The minimum absolute atomic E-state index is 0.0394. The molecule has 9 heavy (non-hydrogen) atoms. The predicted octanol–water partition coefficient (Wildman–Crippen LogP) is 2.86. The summed E-state index contributed by atoms with van der Waals surface area (Å²) >= 11 is 5.27. The molecule has 0 radical (unpaired) electrons. The Kier molecular flexibility index (Phi) is 3.47. The van der Waals surface area contributed by atoms with Crippen LogP contribution in [0, 0.1) is 5.41 Å². The Morgan fingerprint density at radius 1 is 1.67 bits per heavy atom. The van der Waals surface area contributed by atoms with Gasteiger partial charge >= 0.3 is 0 Å². The third-order valence-corrected chi connectivity index (χ3v) is 1.09. The van der Waals surface area contributed by atoms with Crippen LogP contribution in [-0.4, -0.2) is 5.71 Å². The molecule has 0 rings (SSSR count). The van der Waals surface area contributed by atoms with E-state index in [4.69, 9.17) is 17.0 Å². The van der Waals surface area contributed by atoms with E-state index in [1.54, 1.807) is 6.92 Å². The highest BCUT2D eigenvalue weighted by Crippen LogP contribution is 2.11. The van der Waals surface area contributed by atoms with E-state index in [9.17, 15) is 4.39 Å². The van der Waals surface area contributed by atoms with Gasteiger partial charge in [-0.1, -0.05) is 18.5 Å². The molecule has 0 bridgehead atoms. The molecule has 0 aromatic heterocycles. The summed E-state index contributed by atoms with van der Waals surface area (Å²) in [6.45, 7) is 3.14. The largest absolute Gasteiger partial charge is 0.302 e. The SMILES string of the molecule is CCC(=N)/C(F)=C(\C)Cl. The molecule has 0 aliphatic heterocycles. The Bertz CT molecular complexity index is 147. The van der Waals surface area contributed by atoms with E-state index in [0.717, 1.165) is 0 Å². The van der Waals surface area contributed by atoms with Crippen molar-refractivity contribution in [2.24, 2.45) is 0 Å². The summed E-state index contributed by atoms with van der Waals surface area (Å²) in [7, 11) is 0. The zero-order valence-corrected chi connectivity index (χ0v) is 6.22. The van der Waals surface area contributed by atoms with Gasteiger partial charge in [-0.25, -0.2) is 4.39 Å². The lowest BCUT2D eigenvalue weighted by atomic mass is 10.2. The lowest BCUT2D eigenvalue weighted by molar-refractivity contribution is 0.670. The van der Waals surface area contributed by atoms with Crippen LogP contribution in [0.25, 0.3) is 0 Å². The Balaban J connectivity index is 4.21. The van der Waals surface area contributed by atoms with E-state index in [0.29, 0.717) is 6.42 Å². The zero-order chi connectivity index (χ0) is 7.44. The molecule has 0 amide bonds. The van der Waals surface area contributed by atoms with E-state index in [2.05, 4.69) is 0 Å². The van der Waals surface area contributed by atoms with Gasteiger partial charge < -0.3 is 5.41 Å². The average Bonchev–Trinajstić information content (AvgIpc) is 1.84. The minimum Gasteiger partial charge on any atom is -0.302 e. The summed E-state index contributed by atoms with van der Waals surface area (Å²) in [5, 5.41) is 7.01. The van der Waals surface area contributed by atoms with Crippen LogP contribution < -0.4 is 0 Å². The van der Waals surface area contributed by atoms with Gasteiger partial charge in [0.15, 0.2) is 5.83 Å². The van der Waals surface area contributed by atoms with Gasteiger partial charge in [0.1, 0.15) is 0 Å². The summed E-state index contributed by atoms with van der Waals surface area (Å²) in [5.41, 5.74) is -0.0394. The number of allylic oxidation sites excluding steroid dienone is 2. The van der Waals surface area contributed by atoms with Gasteiger partial charge in [-0.05, 0) is 13.3 Å². The average molecular weight is 150 g/mol. The van der Waals surface area contributed by atoms with Gasteiger partial charge in [0.2, 0.25) is 0 Å². The molecule has 0 unspecified atom stereocenters. The maximum absolute atomic E-state index is 12.4. The number of nitrogens with one attached hydrogen (secondary N) is 1. The molecule has 0 atom stereocenters. The number of hydrogen-bond acceptors (Lipinski definition) is 1. The van der Waals surface area contributed by atoms with Gasteiger partial charge in [-0.15, -0.1) is 0 Å². The minimum atomic E-state index is -0.598. The molecule has 1 nitrogen and oxygen atoms in total. The van der Waals surface area contributed by atoms with Crippen LogP contribution in [0.15, 0.2) is 10.9 Å². The first-order chi connectivity index (χ1) is 4.09. The monoisotopic (exact) mass is 149 g/mol. The van der Waals surface area contributed by atoms with Crippen LogP contribution in [0.2, 0.25) is 0 Å². The van der Waals surface area contributed by atoms with E-state index in [1.807, 2.05) is 0 Å². The van der Waals surface area contributed by atoms with Crippen molar-refractivity contribution in [1.82, 2.24) is 0 Å². The lowest BCUT2D eigenvalue weighted by Crippen LogP contribution is -1.94. The third kappa shape index (κ3) is 2.61. The van der Waals surface area contributed by atoms with Crippen molar-refractivity contribution in [2.75, 3.05) is 0 Å². The van der Waals surface area contributed by atoms with E-state index >= 15 is 0 Å². The number of halogens is 2. The van der Waals surface area contributed by atoms with Gasteiger partial charge in [0, 0.05) is 0 Å². The molecule has 0 saturated heterocycles. The maximum atomic E-state index is 12.4. The second kappa shape index (κ2) is 3.62. The predicted molar refractivity (Wildman–Crippen MR) is 37.7 cm³/mol. The Labute approximate surface area is 59.0 Å². The van der Waals surface area contributed by atoms with Crippen LogP contribution in [0.3, 0.4) is 0 Å². The van der Waals surface area contributed by atoms with Crippen molar-refractivity contribution in [3.05, 3.63) is 10.9 Å². The first-order valence-electron chi connectivity index (χ1n) is 2.69. The molecular weight excluding hydrogens is 141 g/mol. The van der Waals surface area contributed by atoms with E-state index in [-0.39, 0.29) is 10.7 Å². The van der Waals surface area contributed by atoms with Gasteiger partial charge in [0.05, 0.1) is 10.7 Å². The van der Waals surface area contributed by atoms with Crippen molar-refractivity contribution < 1.29 is 4.39 Å². The maximum Gasteiger partial charge on any atom is 0.158 e. The molecule has 0 aromatic carbocycles. The van der Waals surface area contributed by atoms with Crippen LogP contribution in [0.1, 0.15) is 20.3 Å². The second-order valence-corrected chi connectivity index (χ2v) is 2.25. The zero-order valence-electron chi connectivity index (χ0n) is 5.46. The lowest BCUT2D eigenvalue weighted by Gasteiger charge is -1.95. The van der Waals surface area contributed by atoms with E-state index in [1.165, 1.54) is 6.92 Å². The summed E-state index contributed by atoms with van der Waals surface area (Å²) in [5.74, 6) is -0.598. The van der Waals surface area contributed by atoms with Gasteiger partial charge in [-0.3, -0.25) is 0 Å². The van der Waals surface area contributed by atoms with Crippen molar-refractivity contribution in [2.45, 2.75) is 20.3 Å². The third-order valence-electron chi connectivity index (χ3n) is 0.921. The van der Waals surface area contributed by atoms with Gasteiger partial charge in [-0.2, -0.15) is 0 Å². The molecule has 0 saturated carbocycles. The number of hydrogen-bond donors (Lipinski definition) is 1. The van der Waals surface area contributed by atoms with Crippen molar-refractivity contribution in [1.29, 1.82) is 5.41 Å². The molecule has 0 heterocycles. The summed E-state index contributed by atoms with van der Waals surface area (Å²) in [6, 6.07) is 0. The van der Waals surface area contributed by atoms with Gasteiger partial charge in [0.25, 0.3) is 0 Å². The van der Waals surface area contributed by atoms with Crippen LogP contribution in [0.4, 0.5) is 4.39 Å². The molecule has 0 aliphatic rings. The molecule has 0 spiro atoms. The van der Waals surface area contributed by atoms with Crippen LogP contribution >= 0.6 is 11.6 Å². The molecule has 3 heteroatoms. The summed E-state index contributed by atoms with van der Waals surface area (Å²) in [4.78, 5) is 0. The fourth-order valence-electron chi connectivity index (χ4n) is 0.363. The first-order valence-corrected chi connectivity index (χ1v) is 3.07. The first kappa shape index (κ1) is 8.63. The highest BCUT2D eigenvalue weighted by Gasteiger charge is 2.02. The van der Waals surface area contributed by atoms with Crippen molar-refractivity contribution in [3.8, 4) is 0 Å². The topological polar surface area (TPSA) is 23.9 Å². The van der Waals surface area contributed by atoms with Crippen LogP contribution in [0.5, 0.6) is 0 Å². The normalized spacial score (nSPS) is 12.9. The number of rotatable bonds is 2.